The number of amides is 2. The molecule has 0 bridgehead atoms. The number of benzene rings is 2. The second-order valence-corrected chi connectivity index (χ2v) is 10.2. The normalized spacial score (nSPS) is 15.2. The van der Waals surface area contributed by atoms with Crippen molar-refractivity contribution >= 4 is 17.5 Å². The highest BCUT2D eigenvalue weighted by molar-refractivity contribution is 5.86. The van der Waals surface area contributed by atoms with Crippen molar-refractivity contribution in [3.05, 3.63) is 66.6 Å². The molecule has 0 spiro atoms. The van der Waals surface area contributed by atoms with Gasteiger partial charge in [0.2, 0.25) is 11.8 Å². The summed E-state index contributed by atoms with van der Waals surface area (Å²) in [5, 5.41) is 3.25. The summed E-state index contributed by atoms with van der Waals surface area (Å²) in [5.41, 5.74) is 7.35. The number of nitrogens with zero attached hydrogens (tertiary/aromatic N) is 1. The lowest BCUT2D eigenvalue weighted by Gasteiger charge is -2.46. The van der Waals surface area contributed by atoms with E-state index in [1.807, 2.05) is 30.3 Å². The number of rotatable bonds is 14. The van der Waals surface area contributed by atoms with Crippen LogP contribution >= 0.6 is 0 Å². The van der Waals surface area contributed by atoms with Crippen LogP contribution in [0.1, 0.15) is 58.4 Å². The molecule has 1 unspecified atom stereocenters. The molecule has 0 aromatic heterocycles. The molecule has 1 radical (unpaired) electrons. The number of hydrogen-bond acceptors (Lipinski definition) is 4. The lowest BCUT2D eigenvalue weighted by molar-refractivity contribution is -0.122. The zero-order chi connectivity index (χ0) is 25.3. The summed E-state index contributed by atoms with van der Waals surface area (Å²) in [4.78, 5) is 26.3. The van der Waals surface area contributed by atoms with Gasteiger partial charge in [-0.15, -0.1) is 0 Å². The lowest BCUT2D eigenvalue weighted by atomic mass is 9.76. The highest BCUT2D eigenvalue weighted by Gasteiger charge is 2.40. The zero-order valence-corrected chi connectivity index (χ0v) is 21.3. The molecule has 35 heavy (non-hydrogen) atoms. The third-order valence-electron chi connectivity index (χ3n) is 6.76. The van der Waals surface area contributed by atoms with Crippen LogP contribution in [0.15, 0.2) is 54.6 Å². The highest BCUT2D eigenvalue weighted by atomic mass is 16.5. The third-order valence-corrected chi connectivity index (χ3v) is 6.76. The number of ether oxygens (including phenoxy) is 1. The Balaban J connectivity index is 1.63. The van der Waals surface area contributed by atoms with Crippen molar-refractivity contribution in [3.63, 3.8) is 0 Å². The van der Waals surface area contributed by atoms with Gasteiger partial charge < -0.3 is 20.7 Å². The summed E-state index contributed by atoms with van der Waals surface area (Å²) in [6.07, 6.45) is 6.00. The van der Waals surface area contributed by atoms with Gasteiger partial charge in [0, 0.05) is 24.7 Å². The van der Waals surface area contributed by atoms with E-state index in [-0.39, 0.29) is 23.3 Å². The van der Waals surface area contributed by atoms with E-state index in [0.29, 0.717) is 18.9 Å². The van der Waals surface area contributed by atoms with Crippen molar-refractivity contribution in [2.24, 2.45) is 17.6 Å². The summed E-state index contributed by atoms with van der Waals surface area (Å²) in [6.45, 7) is 8.42. The Bertz CT molecular complexity index is 939. The van der Waals surface area contributed by atoms with E-state index in [2.05, 4.69) is 48.3 Å². The molecule has 2 amide bonds. The molecular formula is C29H40N3O3. The van der Waals surface area contributed by atoms with Crippen LogP contribution < -0.4 is 20.7 Å². The van der Waals surface area contributed by atoms with Crippen molar-refractivity contribution in [2.75, 3.05) is 18.0 Å². The molecule has 0 heterocycles. The monoisotopic (exact) mass is 478 g/mol. The van der Waals surface area contributed by atoms with Crippen LogP contribution in [0.5, 0.6) is 5.75 Å². The molecule has 3 rings (SSSR count). The number of anilines is 1. The Morgan fingerprint density at radius 3 is 2.34 bits per heavy atom. The van der Waals surface area contributed by atoms with Crippen LogP contribution in [0.4, 0.5) is 5.69 Å². The van der Waals surface area contributed by atoms with Crippen molar-refractivity contribution in [3.8, 4) is 5.75 Å². The largest absolute Gasteiger partial charge is 0.489 e. The minimum atomic E-state index is -0.386. The van der Waals surface area contributed by atoms with Gasteiger partial charge in [-0.25, -0.2) is 0 Å². The van der Waals surface area contributed by atoms with Gasteiger partial charge in [0.25, 0.3) is 0 Å². The van der Waals surface area contributed by atoms with Crippen molar-refractivity contribution in [1.82, 2.24) is 5.32 Å². The van der Waals surface area contributed by atoms with E-state index >= 15 is 0 Å². The van der Waals surface area contributed by atoms with Gasteiger partial charge in [0.15, 0.2) is 0 Å². The van der Waals surface area contributed by atoms with Crippen LogP contribution in [0, 0.1) is 18.3 Å². The highest BCUT2D eigenvalue weighted by Crippen LogP contribution is 2.35. The van der Waals surface area contributed by atoms with E-state index in [0.717, 1.165) is 55.8 Å². The number of nitrogens with one attached hydrogen (secondary N) is 1. The second kappa shape index (κ2) is 12.6. The third kappa shape index (κ3) is 8.30. The second-order valence-electron chi connectivity index (χ2n) is 10.2. The molecular weight excluding hydrogens is 438 g/mol. The predicted molar refractivity (Wildman–Crippen MR) is 141 cm³/mol. The minimum absolute atomic E-state index is 0.119. The van der Waals surface area contributed by atoms with Gasteiger partial charge in [-0.1, -0.05) is 51.1 Å². The number of nitrogens with two attached hydrogens (primary N) is 1. The van der Waals surface area contributed by atoms with Gasteiger partial charge in [-0.3, -0.25) is 9.59 Å². The smallest absolute Gasteiger partial charge is 0.224 e. The number of carbonyl (C=O) groups is 2. The fourth-order valence-corrected chi connectivity index (χ4v) is 4.21. The van der Waals surface area contributed by atoms with E-state index in [1.165, 1.54) is 0 Å². The van der Waals surface area contributed by atoms with Gasteiger partial charge in [0.1, 0.15) is 12.4 Å². The average molecular weight is 479 g/mol. The lowest BCUT2D eigenvalue weighted by Crippen LogP contribution is -2.60. The Labute approximate surface area is 210 Å². The maximum absolute atomic E-state index is 12.6. The summed E-state index contributed by atoms with van der Waals surface area (Å²) in [5.74, 6) is 0.575. The number of primary amides is 1. The summed E-state index contributed by atoms with van der Waals surface area (Å²) >= 11 is 0. The molecule has 2 aromatic carbocycles. The van der Waals surface area contributed by atoms with Crippen molar-refractivity contribution in [2.45, 2.75) is 65.0 Å². The van der Waals surface area contributed by atoms with Crippen molar-refractivity contribution < 1.29 is 14.3 Å². The number of carbonyl (C=O) groups excluding carboxylic acids is 2. The van der Waals surface area contributed by atoms with E-state index in [1.54, 1.807) is 13.3 Å². The Kier molecular flexibility index (Phi) is 9.58. The maximum atomic E-state index is 12.6. The average Bonchev–Trinajstić information content (AvgIpc) is 2.83. The van der Waals surface area contributed by atoms with Gasteiger partial charge in [-0.05, 0) is 67.9 Å². The molecule has 189 valence electrons. The molecule has 1 atom stereocenters. The zero-order valence-electron chi connectivity index (χ0n) is 21.3. The first-order valence-corrected chi connectivity index (χ1v) is 12.7. The standard InChI is InChI=1S/C29H40N3O3/c1-22(2)16-19-32(21-29(17-7-18-29)31-27(33)15-10-23(3)28(30)34)25-11-13-26(14-12-25)35-20-24-8-5-4-6-9-24/h4-6,8-9,11-15,22-23H,7,10,16-21H2,1-3H3,(H2,30,34)(H,31,33). The molecule has 2 aromatic rings. The summed E-state index contributed by atoms with van der Waals surface area (Å²) in [6, 6.07) is 18.4. The molecule has 3 N–H and O–H groups in total. The molecule has 6 nitrogen and oxygen atoms in total. The van der Waals surface area contributed by atoms with Gasteiger partial charge in [0.05, 0.1) is 12.0 Å². The van der Waals surface area contributed by atoms with Crippen LogP contribution in [-0.4, -0.2) is 30.4 Å². The Morgan fingerprint density at radius 1 is 1.09 bits per heavy atom. The molecule has 1 aliphatic carbocycles. The Morgan fingerprint density at radius 2 is 1.77 bits per heavy atom. The molecule has 1 aliphatic rings. The first kappa shape index (κ1) is 26.6. The first-order chi connectivity index (χ1) is 16.8. The van der Waals surface area contributed by atoms with E-state index in [4.69, 9.17) is 10.5 Å². The predicted octanol–water partition coefficient (Wildman–Crippen LogP) is 4.87. The fourth-order valence-electron chi connectivity index (χ4n) is 4.21. The van der Waals surface area contributed by atoms with Crippen LogP contribution in [-0.2, 0) is 16.2 Å². The molecule has 0 saturated heterocycles. The van der Waals surface area contributed by atoms with Crippen LogP contribution in [0.25, 0.3) is 0 Å². The summed E-state index contributed by atoms with van der Waals surface area (Å²) < 4.78 is 5.96. The molecule has 6 heteroatoms. The topological polar surface area (TPSA) is 84.7 Å². The number of hydrogen-bond donors (Lipinski definition) is 2. The molecule has 1 fully saturated rings. The maximum Gasteiger partial charge on any atom is 0.224 e. The molecule has 1 saturated carbocycles. The fraction of sp³-hybridized carbons (Fsp3) is 0.483. The van der Waals surface area contributed by atoms with Crippen molar-refractivity contribution in [1.29, 1.82) is 0 Å². The SMILES string of the molecule is CC(C)CCN(CC1(NC(=O)[CH]CC(C)C(N)=O)CCC1)c1ccc(OCc2ccccc2)cc1. The first-order valence-electron chi connectivity index (χ1n) is 12.7. The summed E-state index contributed by atoms with van der Waals surface area (Å²) in [7, 11) is 0. The Hall–Kier alpha value is -3.02. The van der Waals surface area contributed by atoms with Crippen LogP contribution in [0.3, 0.4) is 0 Å². The molecule has 0 aliphatic heterocycles. The van der Waals surface area contributed by atoms with E-state index < -0.39 is 0 Å². The van der Waals surface area contributed by atoms with Crippen LogP contribution in [0.2, 0.25) is 0 Å². The quantitative estimate of drug-likeness (QED) is 0.406. The van der Waals surface area contributed by atoms with Gasteiger partial charge >= 0.3 is 0 Å². The van der Waals surface area contributed by atoms with E-state index in [9.17, 15) is 9.59 Å². The minimum Gasteiger partial charge on any atom is -0.489 e. The van der Waals surface area contributed by atoms with Gasteiger partial charge in [-0.2, -0.15) is 0 Å².